The first-order valence-corrected chi connectivity index (χ1v) is 18.2. The summed E-state index contributed by atoms with van der Waals surface area (Å²) in [7, 11) is 0. The van der Waals surface area contributed by atoms with E-state index in [2.05, 4.69) is 166 Å². The fourth-order valence-corrected chi connectivity index (χ4v) is 7.61. The Morgan fingerprint density at radius 2 is 1.06 bits per heavy atom. The molecule has 7 rings (SSSR count). The van der Waals surface area contributed by atoms with Gasteiger partial charge in [0.05, 0.1) is 16.4 Å². The predicted molar refractivity (Wildman–Crippen MR) is 206 cm³/mol. The maximum absolute atomic E-state index is 2.62. The molecule has 1 aliphatic heterocycles. The zero-order valence-electron chi connectivity index (χ0n) is 29.9. The van der Waals surface area contributed by atoms with Gasteiger partial charge >= 0.3 is 0 Å². The Labute approximate surface area is 289 Å². The monoisotopic (exact) mass is 630 g/mol. The normalized spacial score (nSPS) is 14.0. The molecule has 0 radical (unpaired) electrons. The Morgan fingerprint density at radius 3 is 1.79 bits per heavy atom. The van der Waals surface area contributed by atoms with Gasteiger partial charge in [-0.25, -0.2) is 0 Å². The average Bonchev–Trinajstić information content (AvgIpc) is 3.13. The van der Waals surface area contributed by atoms with Gasteiger partial charge in [0.1, 0.15) is 0 Å². The zero-order chi connectivity index (χ0) is 33.7. The van der Waals surface area contributed by atoms with Gasteiger partial charge in [-0.1, -0.05) is 136 Å². The molecule has 0 fully saturated rings. The van der Waals surface area contributed by atoms with Crippen LogP contribution in [-0.4, -0.2) is 0 Å². The molecule has 6 aromatic rings. The lowest BCUT2D eigenvalue weighted by atomic mass is 9.64. The van der Waals surface area contributed by atoms with Crippen molar-refractivity contribution >= 4 is 10.9 Å². The molecule has 5 aromatic carbocycles. The Balaban J connectivity index is 0.00000197. The number of aromatic nitrogens is 1. The highest BCUT2D eigenvalue weighted by Crippen LogP contribution is 2.48. The summed E-state index contributed by atoms with van der Waals surface area (Å²) in [5.41, 5.74) is 13.2. The average molecular weight is 631 g/mol. The third-order valence-electron chi connectivity index (χ3n) is 10.9. The molecule has 0 saturated heterocycles. The lowest BCUT2D eigenvalue weighted by Crippen LogP contribution is -2.65. The Kier molecular flexibility index (Phi) is 9.97. The van der Waals surface area contributed by atoms with Crippen LogP contribution in [0.2, 0.25) is 0 Å². The minimum Gasteiger partial charge on any atom is -0.186 e. The second-order valence-electron chi connectivity index (χ2n) is 14.2. The molecule has 0 bridgehead atoms. The number of para-hydroxylation sites is 1. The molecule has 1 heteroatoms. The summed E-state index contributed by atoms with van der Waals surface area (Å²) >= 11 is 0. The van der Waals surface area contributed by atoms with E-state index in [0.717, 1.165) is 6.42 Å². The summed E-state index contributed by atoms with van der Waals surface area (Å²) in [5, 5.41) is 1.30. The first-order valence-electron chi connectivity index (χ1n) is 18.2. The van der Waals surface area contributed by atoms with Crippen LogP contribution in [0.4, 0.5) is 0 Å². The number of unbranched alkanes of at least 4 members (excludes halogenated alkanes) is 3. The predicted octanol–water partition coefficient (Wildman–Crippen LogP) is 12.5. The lowest BCUT2D eigenvalue weighted by molar-refractivity contribution is -0.737. The molecular weight excluding hydrogens is 579 g/mol. The van der Waals surface area contributed by atoms with Crippen molar-refractivity contribution in [2.45, 2.75) is 91.0 Å². The third kappa shape index (κ3) is 6.36. The van der Waals surface area contributed by atoms with Crippen molar-refractivity contribution in [3.8, 4) is 33.5 Å². The Morgan fingerprint density at radius 1 is 0.479 bits per heavy atom. The van der Waals surface area contributed by atoms with E-state index in [4.69, 9.17) is 0 Å². The van der Waals surface area contributed by atoms with Gasteiger partial charge in [-0.15, -0.1) is 0 Å². The van der Waals surface area contributed by atoms with Crippen molar-refractivity contribution < 1.29 is 4.57 Å². The summed E-state index contributed by atoms with van der Waals surface area (Å²) < 4.78 is 2.62. The first kappa shape index (κ1) is 33.4. The number of aryl methyl sites for hydroxylation is 2. The van der Waals surface area contributed by atoms with Gasteiger partial charge in [-0.3, -0.25) is 0 Å². The number of hydrogen-bond acceptors (Lipinski definition) is 0. The molecule has 244 valence electrons. The van der Waals surface area contributed by atoms with Crippen molar-refractivity contribution in [3.05, 3.63) is 150 Å². The van der Waals surface area contributed by atoms with Crippen LogP contribution in [0.1, 0.15) is 83.9 Å². The fraction of sp³-hybridized carbons (Fsp3) is 0.298. The van der Waals surface area contributed by atoms with Crippen LogP contribution in [0.3, 0.4) is 0 Å². The van der Waals surface area contributed by atoms with Gasteiger partial charge < -0.3 is 0 Å². The molecule has 0 saturated carbocycles. The molecule has 0 amide bonds. The molecule has 0 aliphatic carbocycles. The van der Waals surface area contributed by atoms with Gasteiger partial charge in [0.2, 0.25) is 11.2 Å². The number of hydrogen-bond donors (Lipinski definition) is 0. The number of fused-ring (bicyclic) bond motifs is 5. The van der Waals surface area contributed by atoms with E-state index < -0.39 is 0 Å². The minimum atomic E-state index is -0.132. The van der Waals surface area contributed by atoms with Gasteiger partial charge in [-0.2, -0.15) is 4.57 Å². The number of pyridine rings is 1. The molecule has 0 unspecified atom stereocenters. The molecule has 1 aromatic heterocycles. The highest BCUT2D eigenvalue weighted by atomic mass is 15.1. The minimum absolute atomic E-state index is 0.0715. The highest BCUT2D eigenvalue weighted by Gasteiger charge is 2.53. The topological polar surface area (TPSA) is 3.88 Å². The Hall–Kier alpha value is -4.49. The van der Waals surface area contributed by atoms with E-state index in [1.165, 1.54) is 93.2 Å². The first-order chi connectivity index (χ1) is 23.3. The van der Waals surface area contributed by atoms with E-state index in [1.54, 1.807) is 0 Å². The standard InChI is InChI=1S/C45H46N.C2H6/c1-44(2)41-29-28-37(36-25-17-22-34(30-36)21-10-6-5-9-18-33-19-11-7-12-20-33)31-40(41)43-32-39(35-23-13-8-14-24-35)38-26-15-16-27-42(38)46(43)45(44,3)4;1-2/h7-8,11-17,19-20,22-32H,5-6,9-10,18,21H2,1-4H3;1-2H3/q+1;. The molecular formula is C47H52N+. The van der Waals surface area contributed by atoms with E-state index >= 15 is 0 Å². The van der Waals surface area contributed by atoms with Crippen molar-refractivity contribution in [2.75, 3.05) is 0 Å². The van der Waals surface area contributed by atoms with Gasteiger partial charge in [0.25, 0.3) is 0 Å². The summed E-state index contributed by atoms with van der Waals surface area (Å²) in [6.07, 6.45) is 7.41. The maximum Gasteiger partial charge on any atom is 0.214 e. The summed E-state index contributed by atoms with van der Waals surface area (Å²) in [6, 6.07) is 49.7. The van der Waals surface area contributed by atoms with E-state index in [1.807, 2.05) is 13.8 Å². The number of nitrogens with zero attached hydrogens (tertiary/aromatic N) is 1. The van der Waals surface area contributed by atoms with Crippen molar-refractivity contribution in [1.29, 1.82) is 0 Å². The summed E-state index contributed by atoms with van der Waals surface area (Å²) in [6.45, 7) is 13.7. The largest absolute Gasteiger partial charge is 0.214 e. The summed E-state index contributed by atoms with van der Waals surface area (Å²) in [5.74, 6) is 0. The van der Waals surface area contributed by atoms with Crippen LogP contribution in [0, 0.1) is 0 Å². The van der Waals surface area contributed by atoms with Crippen LogP contribution in [-0.2, 0) is 23.8 Å². The van der Waals surface area contributed by atoms with Gasteiger partial charge in [0.15, 0.2) is 5.54 Å². The molecule has 1 aliphatic rings. The third-order valence-corrected chi connectivity index (χ3v) is 10.9. The van der Waals surface area contributed by atoms with Gasteiger partial charge in [-0.05, 0) is 85.0 Å². The summed E-state index contributed by atoms with van der Waals surface area (Å²) in [4.78, 5) is 0. The highest BCUT2D eigenvalue weighted by molar-refractivity contribution is 5.95. The second-order valence-corrected chi connectivity index (χ2v) is 14.2. The van der Waals surface area contributed by atoms with Gasteiger partial charge in [0, 0.05) is 31.5 Å². The zero-order valence-corrected chi connectivity index (χ0v) is 29.9. The van der Waals surface area contributed by atoms with E-state index in [0.29, 0.717) is 0 Å². The number of rotatable bonds is 9. The van der Waals surface area contributed by atoms with Crippen LogP contribution < -0.4 is 4.57 Å². The molecule has 1 nitrogen and oxygen atoms in total. The van der Waals surface area contributed by atoms with Crippen molar-refractivity contribution in [3.63, 3.8) is 0 Å². The maximum atomic E-state index is 2.62. The van der Waals surface area contributed by atoms with E-state index in [-0.39, 0.29) is 11.0 Å². The van der Waals surface area contributed by atoms with Crippen LogP contribution in [0.15, 0.2) is 133 Å². The van der Waals surface area contributed by atoms with Crippen molar-refractivity contribution in [2.24, 2.45) is 0 Å². The van der Waals surface area contributed by atoms with E-state index in [9.17, 15) is 0 Å². The SMILES string of the molecule is CC.CC1(C)c2ccc(-c3cccc(CCCCCCc4ccccc4)c3)cc2-c2cc(-c3ccccc3)c3ccccc3[n+]2C1(C)C. The number of benzene rings is 5. The lowest BCUT2D eigenvalue weighted by Gasteiger charge is -2.43. The molecule has 0 N–H and O–H groups in total. The second kappa shape index (κ2) is 14.3. The Bertz CT molecular complexity index is 1980. The van der Waals surface area contributed by atoms with Crippen LogP contribution in [0.25, 0.3) is 44.4 Å². The quantitative estimate of drug-likeness (QED) is 0.111. The molecule has 0 spiro atoms. The molecule has 0 atom stereocenters. The molecule has 2 heterocycles. The van der Waals surface area contributed by atoms with Crippen LogP contribution in [0.5, 0.6) is 0 Å². The fourth-order valence-electron chi connectivity index (χ4n) is 7.61. The smallest absolute Gasteiger partial charge is 0.186 e. The molecule has 48 heavy (non-hydrogen) atoms. The van der Waals surface area contributed by atoms with Crippen molar-refractivity contribution in [1.82, 2.24) is 0 Å². The van der Waals surface area contributed by atoms with Crippen LogP contribution >= 0.6 is 0 Å².